The number of fused-ring (bicyclic) bond motifs is 3. The fraction of sp³-hybridized carbons (Fsp3) is 0.286. The van der Waals surface area contributed by atoms with E-state index in [-0.39, 0.29) is 9.92 Å². The molecule has 2 N–H and O–H groups in total. The fourth-order valence-corrected chi connectivity index (χ4v) is 6.79. The second-order valence-corrected chi connectivity index (χ2v) is 10.7. The third-order valence-corrected chi connectivity index (χ3v) is 9.27. The molecule has 1 heterocycles. The van der Waals surface area contributed by atoms with E-state index in [1.165, 1.54) is 19.1 Å². The summed E-state index contributed by atoms with van der Waals surface area (Å²) in [5.74, 6) is -1.98. The molecule has 8 heteroatoms. The maximum atomic E-state index is 13.5. The Labute approximate surface area is 178 Å². The van der Waals surface area contributed by atoms with Gasteiger partial charge in [-0.15, -0.1) is 0 Å². The van der Waals surface area contributed by atoms with Crippen LogP contribution in [-0.4, -0.2) is 29.2 Å². The summed E-state index contributed by atoms with van der Waals surface area (Å²) in [5.41, 5.74) is 2.84. The molecule has 0 saturated heterocycles. The van der Waals surface area contributed by atoms with Gasteiger partial charge in [0.25, 0.3) is 0 Å². The van der Waals surface area contributed by atoms with Gasteiger partial charge in [-0.3, -0.25) is 4.79 Å². The van der Waals surface area contributed by atoms with Crippen LogP contribution in [0.15, 0.2) is 47.4 Å². The number of carboxylic acids is 1. The lowest BCUT2D eigenvalue weighted by Gasteiger charge is -2.36. The first kappa shape index (κ1) is 20.3. The van der Waals surface area contributed by atoms with E-state index in [4.69, 9.17) is 23.2 Å². The van der Waals surface area contributed by atoms with E-state index in [1.54, 1.807) is 18.2 Å². The summed E-state index contributed by atoms with van der Waals surface area (Å²) < 4.78 is 24.9. The Hall–Kier alpha value is -2.02. The molecular weight excluding hydrogens is 433 g/mol. The van der Waals surface area contributed by atoms with Crippen LogP contribution >= 0.6 is 23.2 Å². The molecule has 1 aromatic heterocycles. The first-order valence-corrected chi connectivity index (χ1v) is 11.4. The van der Waals surface area contributed by atoms with Crippen molar-refractivity contribution in [3.8, 4) is 0 Å². The Balaban J connectivity index is 1.80. The lowest BCUT2D eigenvalue weighted by molar-refractivity contribution is -0.141. The number of halogens is 2. The lowest BCUT2D eigenvalue weighted by Crippen LogP contribution is -2.51. The van der Waals surface area contributed by atoms with Gasteiger partial charge >= 0.3 is 5.97 Å². The van der Waals surface area contributed by atoms with Gasteiger partial charge < -0.3 is 10.1 Å². The second-order valence-electron chi connectivity index (χ2n) is 7.56. The van der Waals surface area contributed by atoms with E-state index in [0.29, 0.717) is 24.3 Å². The number of benzene rings is 2. The molecule has 29 heavy (non-hydrogen) atoms. The number of aryl methyl sites for hydroxylation is 1. The normalized spacial score (nSPS) is 18.9. The molecular formula is C21H19Cl2NO4S. The van der Waals surface area contributed by atoms with Gasteiger partial charge in [-0.1, -0.05) is 35.3 Å². The molecule has 5 nitrogen and oxygen atoms in total. The van der Waals surface area contributed by atoms with Gasteiger partial charge in [-0.25, -0.2) is 8.42 Å². The van der Waals surface area contributed by atoms with Crippen molar-refractivity contribution in [1.29, 1.82) is 0 Å². The van der Waals surface area contributed by atoms with E-state index < -0.39 is 26.5 Å². The largest absolute Gasteiger partial charge is 0.480 e. The zero-order valence-corrected chi connectivity index (χ0v) is 17.9. The molecule has 4 rings (SSSR count). The van der Waals surface area contributed by atoms with Crippen molar-refractivity contribution >= 4 is 49.9 Å². The molecule has 0 spiro atoms. The maximum Gasteiger partial charge on any atom is 0.325 e. The number of H-pyrrole nitrogens is 1. The van der Waals surface area contributed by atoms with Crippen molar-refractivity contribution in [2.24, 2.45) is 5.92 Å². The summed E-state index contributed by atoms with van der Waals surface area (Å²) >= 11 is 12.2. The molecule has 0 aliphatic heterocycles. The van der Waals surface area contributed by atoms with Crippen LogP contribution in [0.2, 0.25) is 10.0 Å². The van der Waals surface area contributed by atoms with Crippen LogP contribution in [0.3, 0.4) is 0 Å². The Morgan fingerprint density at radius 3 is 2.62 bits per heavy atom. The van der Waals surface area contributed by atoms with Crippen LogP contribution < -0.4 is 0 Å². The summed E-state index contributed by atoms with van der Waals surface area (Å²) in [6.07, 6.45) is 1.31. The van der Waals surface area contributed by atoms with Gasteiger partial charge in [0.2, 0.25) is 0 Å². The van der Waals surface area contributed by atoms with Crippen LogP contribution in [-0.2, 0) is 27.5 Å². The van der Waals surface area contributed by atoms with Gasteiger partial charge in [-0.2, -0.15) is 0 Å². The quantitative estimate of drug-likeness (QED) is 0.590. The molecule has 0 fully saturated rings. The van der Waals surface area contributed by atoms with E-state index in [1.807, 2.05) is 12.1 Å². The highest BCUT2D eigenvalue weighted by molar-refractivity contribution is 7.93. The Bertz CT molecular complexity index is 1230. The number of sulfone groups is 1. The van der Waals surface area contributed by atoms with Crippen molar-refractivity contribution in [2.75, 3.05) is 0 Å². The minimum Gasteiger partial charge on any atom is -0.480 e. The topological polar surface area (TPSA) is 87.2 Å². The van der Waals surface area contributed by atoms with E-state index in [2.05, 4.69) is 4.98 Å². The number of nitrogens with one attached hydrogen (secondary N) is 1. The molecule has 2 aromatic carbocycles. The van der Waals surface area contributed by atoms with Gasteiger partial charge in [0.15, 0.2) is 14.6 Å². The number of aromatic nitrogens is 1. The monoisotopic (exact) mass is 451 g/mol. The van der Waals surface area contributed by atoms with E-state index in [9.17, 15) is 18.3 Å². The number of hydrogen-bond donors (Lipinski definition) is 2. The molecule has 2 atom stereocenters. The number of aliphatic carboxylic acids is 1. The number of carboxylic acid groups (broad SMARTS) is 1. The molecule has 0 saturated carbocycles. The summed E-state index contributed by atoms with van der Waals surface area (Å²) in [7, 11) is -4.24. The van der Waals surface area contributed by atoms with Crippen molar-refractivity contribution in [1.82, 2.24) is 4.98 Å². The highest BCUT2D eigenvalue weighted by Gasteiger charge is 2.54. The second kappa shape index (κ2) is 7.04. The third kappa shape index (κ3) is 3.05. The molecule has 152 valence electrons. The van der Waals surface area contributed by atoms with Gasteiger partial charge in [0.05, 0.1) is 9.92 Å². The molecule has 0 radical (unpaired) electrons. The van der Waals surface area contributed by atoms with Crippen LogP contribution in [0.25, 0.3) is 10.9 Å². The third-order valence-electron chi connectivity index (χ3n) is 6.04. The minimum absolute atomic E-state index is 0.0247. The van der Waals surface area contributed by atoms with Crippen LogP contribution in [0.5, 0.6) is 0 Å². The fourth-order valence-electron chi connectivity index (χ4n) is 4.27. The average molecular weight is 452 g/mol. The molecule has 1 aliphatic rings. The predicted molar refractivity (Wildman–Crippen MR) is 114 cm³/mol. The van der Waals surface area contributed by atoms with Gasteiger partial charge in [0.1, 0.15) is 0 Å². The Morgan fingerprint density at radius 2 is 1.93 bits per heavy atom. The Kier molecular flexibility index (Phi) is 4.92. The van der Waals surface area contributed by atoms with Crippen molar-refractivity contribution in [2.45, 2.75) is 35.8 Å². The summed E-state index contributed by atoms with van der Waals surface area (Å²) in [4.78, 5) is 15.5. The predicted octanol–water partition coefficient (Wildman–Crippen LogP) is 4.90. The lowest BCUT2D eigenvalue weighted by atomic mass is 9.79. The Morgan fingerprint density at radius 1 is 1.21 bits per heavy atom. The zero-order chi connectivity index (χ0) is 21.0. The molecule has 0 amide bonds. The average Bonchev–Trinajstić information content (AvgIpc) is 3.04. The van der Waals surface area contributed by atoms with Crippen LogP contribution in [0.4, 0.5) is 0 Å². The van der Waals surface area contributed by atoms with E-state index >= 15 is 0 Å². The van der Waals surface area contributed by atoms with Gasteiger partial charge in [0, 0.05) is 21.6 Å². The first-order chi connectivity index (χ1) is 13.7. The number of hydrogen-bond acceptors (Lipinski definition) is 3. The molecule has 3 aromatic rings. The molecule has 1 aliphatic carbocycles. The number of carbonyl (C=O) groups is 1. The molecule has 2 unspecified atom stereocenters. The zero-order valence-electron chi connectivity index (χ0n) is 15.6. The van der Waals surface area contributed by atoms with Gasteiger partial charge in [-0.05, 0) is 68.0 Å². The highest BCUT2D eigenvalue weighted by Crippen LogP contribution is 2.43. The van der Waals surface area contributed by atoms with Crippen molar-refractivity contribution in [3.63, 3.8) is 0 Å². The SMILES string of the molecule is CC(C(=O)O)(C1CCc2c([nH]c3ccc(Cl)cc23)C1)S(=O)(=O)c1ccccc1Cl. The van der Waals surface area contributed by atoms with Crippen molar-refractivity contribution in [3.05, 3.63) is 63.8 Å². The molecule has 0 bridgehead atoms. The first-order valence-electron chi connectivity index (χ1n) is 9.17. The number of aromatic amines is 1. The smallest absolute Gasteiger partial charge is 0.325 e. The highest BCUT2D eigenvalue weighted by atomic mass is 35.5. The van der Waals surface area contributed by atoms with Crippen LogP contribution in [0, 0.1) is 5.92 Å². The maximum absolute atomic E-state index is 13.5. The van der Waals surface area contributed by atoms with Crippen molar-refractivity contribution < 1.29 is 18.3 Å². The minimum atomic E-state index is -4.24. The summed E-state index contributed by atoms with van der Waals surface area (Å²) in [5, 5.41) is 11.7. The standard InChI is InChI=1S/C21H19Cl2NO4S/c1-21(20(25)26,29(27,28)19-5-3-2-4-16(19)23)12-6-8-14-15-11-13(22)7-9-17(15)24-18(14)10-12/h2-5,7,9,11-12,24H,6,8,10H2,1H3,(H,25,26). The summed E-state index contributed by atoms with van der Waals surface area (Å²) in [6, 6.07) is 11.5. The van der Waals surface area contributed by atoms with E-state index in [0.717, 1.165) is 22.2 Å². The van der Waals surface area contributed by atoms with Crippen LogP contribution in [0.1, 0.15) is 24.6 Å². The summed E-state index contributed by atoms with van der Waals surface area (Å²) in [6.45, 7) is 1.29. The number of rotatable bonds is 4.